The molecule has 6 heteroatoms. The van der Waals surface area contributed by atoms with Crippen molar-refractivity contribution in [1.82, 2.24) is 5.32 Å². The van der Waals surface area contributed by atoms with E-state index in [4.69, 9.17) is 9.47 Å². The highest BCUT2D eigenvalue weighted by Crippen LogP contribution is 2.30. The van der Waals surface area contributed by atoms with Gasteiger partial charge in [-0.05, 0) is 94.9 Å². The Kier molecular flexibility index (Phi) is 55.7. The zero-order valence-corrected chi connectivity index (χ0v) is 51.6. The van der Waals surface area contributed by atoms with E-state index in [2.05, 4.69) is 60.8 Å². The second-order valence-corrected chi connectivity index (χ2v) is 24.4. The van der Waals surface area contributed by atoms with Gasteiger partial charge in [-0.1, -0.05) is 299 Å². The fraction of sp³-hybridized carbons (Fsp3) is 0.971. The number of carbonyl (C=O) groups excluding carboxylic acids is 2. The molecule has 0 bridgehead atoms. The van der Waals surface area contributed by atoms with Gasteiger partial charge >= 0.3 is 11.9 Å². The van der Waals surface area contributed by atoms with E-state index in [0.717, 1.165) is 69.6 Å². The number of carbonyl (C=O) groups is 2. The zero-order chi connectivity index (χ0) is 54.4. The van der Waals surface area contributed by atoms with Crippen molar-refractivity contribution in [2.45, 2.75) is 388 Å². The van der Waals surface area contributed by atoms with E-state index in [-0.39, 0.29) is 18.5 Å². The normalized spacial score (nSPS) is 14.7. The van der Waals surface area contributed by atoms with Crippen LogP contribution in [0.1, 0.15) is 370 Å². The molecule has 6 unspecified atom stereocenters. The molecule has 0 aromatic rings. The third-order valence-electron chi connectivity index (χ3n) is 17.3. The molecule has 0 spiro atoms. The summed E-state index contributed by atoms with van der Waals surface area (Å²) in [5.41, 5.74) is 0. The predicted molar refractivity (Wildman–Crippen MR) is 323 cm³/mol. The minimum atomic E-state index is -1.49. The van der Waals surface area contributed by atoms with Crippen LogP contribution in [0.5, 0.6) is 0 Å². The van der Waals surface area contributed by atoms with E-state index in [1.54, 1.807) is 0 Å². The van der Waals surface area contributed by atoms with Crippen LogP contribution >= 0.6 is 0 Å². The van der Waals surface area contributed by atoms with Crippen LogP contribution in [0.3, 0.4) is 0 Å². The maximum absolute atomic E-state index is 14.9. The van der Waals surface area contributed by atoms with Gasteiger partial charge in [-0.15, -0.1) is 0 Å². The molecule has 0 aliphatic carbocycles. The van der Waals surface area contributed by atoms with Crippen molar-refractivity contribution in [2.24, 2.45) is 23.7 Å². The van der Waals surface area contributed by atoms with Crippen LogP contribution in [0.15, 0.2) is 0 Å². The summed E-state index contributed by atoms with van der Waals surface area (Å²) in [5, 5.41) is 3.51. The van der Waals surface area contributed by atoms with Gasteiger partial charge in [0.05, 0.1) is 6.61 Å². The molecule has 7 atom stereocenters. The molecule has 0 saturated carbocycles. The Labute approximate surface area is 463 Å². The molecule has 0 aliphatic heterocycles. The average Bonchev–Trinajstić information content (AvgIpc) is 3.39. The lowest BCUT2D eigenvalue weighted by molar-refractivity contribution is -0.151. The van der Waals surface area contributed by atoms with Gasteiger partial charge in [-0.25, -0.2) is 9.18 Å². The van der Waals surface area contributed by atoms with E-state index >= 15 is 0 Å². The lowest BCUT2D eigenvalue weighted by Crippen LogP contribution is -2.24. The first-order valence-electron chi connectivity index (χ1n) is 33.8. The monoisotopic (exact) mass is 1050 g/mol. The summed E-state index contributed by atoms with van der Waals surface area (Å²) in [4.78, 5) is 25.7. The van der Waals surface area contributed by atoms with Crippen molar-refractivity contribution >= 4 is 11.9 Å². The highest BCUT2D eigenvalue weighted by atomic mass is 19.1. The average molecular weight is 1050 g/mol. The molecule has 0 fully saturated rings. The van der Waals surface area contributed by atoms with Gasteiger partial charge in [0.15, 0.2) is 6.17 Å². The van der Waals surface area contributed by atoms with Gasteiger partial charge in [-0.2, -0.15) is 0 Å². The molecule has 0 heterocycles. The second-order valence-electron chi connectivity index (χ2n) is 24.4. The quantitative estimate of drug-likeness (QED) is 0.0486. The first-order valence-corrected chi connectivity index (χ1v) is 33.8. The van der Waals surface area contributed by atoms with Crippen molar-refractivity contribution in [2.75, 3.05) is 13.7 Å². The Bertz CT molecular complexity index is 1150. The van der Waals surface area contributed by atoms with E-state index in [0.29, 0.717) is 30.9 Å². The Morgan fingerprint density at radius 3 is 1.31 bits per heavy atom. The molecular formula is C68H134FNO4. The lowest BCUT2D eigenvalue weighted by Gasteiger charge is -2.24. The summed E-state index contributed by atoms with van der Waals surface area (Å²) in [6.07, 6.45) is 59.2. The number of nitrogens with one attached hydrogen (secondary N) is 1. The van der Waals surface area contributed by atoms with Gasteiger partial charge in [0.2, 0.25) is 0 Å². The fourth-order valence-corrected chi connectivity index (χ4v) is 11.9. The number of hydrogen-bond acceptors (Lipinski definition) is 5. The van der Waals surface area contributed by atoms with Crippen molar-refractivity contribution < 1.29 is 23.5 Å². The number of unbranched alkanes of at least 4 members (excludes halogenated alkanes) is 28. The molecule has 442 valence electrons. The predicted octanol–water partition coefficient (Wildman–Crippen LogP) is 22.5. The molecule has 74 heavy (non-hydrogen) atoms. The molecule has 0 radical (unpaired) electrons. The Morgan fingerprint density at radius 1 is 0.419 bits per heavy atom. The van der Waals surface area contributed by atoms with Gasteiger partial charge in [0.25, 0.3) is 0 Å². The number of ether oxygens (including phenoxy) is 2. The second kappa shape index (κ2) is 56.5. The molecular weight excluding hydrogens is 914 g/mol. The number of esters is 2. The van der Waals surface area contributed by atoms with E-state index in [1.165, 1.54) is 250 Å². The standard InChI is InChI=1S/C68H134FNO4/c1-9-14-18-21-24-26-27-36-46-60(6)47-37-30-33-44-57-67(71)74-65(54-41-29-23-20-16-11-3)55-42-34-38-51-63(13-5)61(7)48-45-50-62(49-35-17-12-4)58-59-73-68(72)66(69)56-43-32-31-40-53-64(70-8)52-39-28-25-22-19-15-10-2/h60-66,70H,9-59H2,1-8H3/t60-,61?,62?,63?,64?,65?,66?/m1/s1. The number of halogens is 1. The summed E-state index contributed by atoms with van der Waals surface area (Å²) in [7, 11) is 2.09. The van der Waals surface area contributed by atoms with E-state index < -0.39 is 12.1 Å². The molecule has 0 aromatic heterocycles. The van der Waals surface area contributed by atoms with Crippen molar-refractivity contribution in [3.63, 3.8) is 0 Å². The summed E-state index contributed by atoms with van der Waals surface area (Å²) in [6, 6.07) is 0.588. The molecule has 0 rings (SSSR count). The minimum absolute atomic E-state index is 0.0417. The van der Waals surface area contributed by atoms with Crippen LogP contribution in [-0.4, -0.2) is 43.9 Å². The van der Waals surface area contributed by atoms with Gasteiger partial charge in [0, 0.05) is 12.5 Å². The largest absolute Gasteiger partial charge is 0.464 e. The van der Waals surface area contributed by atoms with Crippen LogP contribution in [0, 0.1) is 23.7 Å². The topological polar surface area (TPSA) is 64.6 Å². The fourth-order valence-electron chi connectivity index (χ4n) is 11.9. The SMILES string of the molecule is CCCCCCCCCC[C@@H](C)CCCCCCC(=O)OC(CCCCCCCC)CCCCCC(CC)C(C)CCCC(CCCCC)CCOC(=O)C(F)CCCCCCC(CCCCCCCCC)NC. The molecule has 0 saturated heterocycles. The maximum atomic E-state index is 14.9. The summed E-state index contributed by atoms with van der Waals surface area (Å²) < 4.78 is 26.6. The van der Waals surface area contributed by atoms with Crippen molar-refractivity contribution in [3.8, 4) is 0 Å². The van der Waals surface area contributed by atoms with Crippen molar-refractivity contribution in [1.29, 1.82) is 0 Å². The van der Waals surface area contributed by atoms with Crippen LogP contribution in [0.2, 0.25) is 0 Å². The first-order chi connectivity index (χ1) is 36.1. The van der Waals surface area contributed by atoms with Crippen molar-refractivity contribution in [3.05, 3.63) is 0 Å². The van der Waals surface area contributed by atoms with E-state index in [9.17, 15) is 14.0 Å². The Morgan fingerprint density at radius 2 is 0.811 bits per heavy atom. The summed E-state index contributed by atoms with van der Waals surface area (Å²) in [6.45, 7) is 16.7. The lowest BCUT2D eigenvalue weighted by atomic mass is 9.82. The zero-order valence-electron chi connectivity index (χ0n) is 51.6. The smallest absolute Gasteiger partial charge is 0.340 e. The number of alkyl halides is 1. The molecule has 0 aliphatic rings. The van der Waals surface area contributed by atoms with Crippen LogP contribution in [-0.2, 0) is 19.1 Å². The first kappa shape index (κ1) is 72.8. The Hall–Kier alpha value is -1.17. The van der Waals surface area contributed by atoms with Gasteiger partial charge in [-0.3, -0.25) is 4.79 Å². The minimum Gasteiger partial charge on any atom is -0.464 e. The van der Waals surface area contributed by atoms with E-state index in [1.807, 2.05) is 0 Å². The third kappa shape index (κ3) is 48.0. The summed E-state index contributed by atoms with van der Waals surface area (Å²) in [5.74, 6) is 2.22. The molecule has 0 amide bonds. The van der Waals surface area contributed by atoms with Gasteiger partial charge in [0.1, 0.15) is 6.10 Å². The Balaban J connectivity index is 4.57. The maximum Gasteiger partial charge on any atom is 0.340 e. The van der Waals surface area contributed by atoms with Crippen LogP contribution in [0.25, 0.3) is 0 Å². The highest BCUT2D eigenvalue weighted by molar-refractivity contribution is 5.74. The third-order valence-corrected chi connectivity index (χ3v) is 17.3. The summed E-state index contributed by atoms with van der Waals surface area (Å²) >= 11 is 0. The van der Waals surface area contributed by atoms with Gasteiger partial charge < -0.3 is 14.8 Å². The van der Waals surface area contributed by atoms with Crippen LogP contribution < -0.4 is 5.32 Å². The highest BCUT2D eigenvalue weighted by Gasteiger charge is 2.21. The molecule has 0 aromatic carbocycles. The molecule has 5 nitrogen and oxygen atoms in total. The van der Waals surface area contributed by atoms with Crippen LogP contribution in [0.4, 0.5) is 4.39 Å². The number of rotatable bonds is 60. The number of hydrogen-bond donors (Lipinski definition) is 1. The molecule has 1 N–H and O–H groups in total.